The van der Waals surface area contributed by atoms with Gasteiger partial charge in [-0.05, 0) is 43.2 Å². The Morgan fingerprint density at radius 3 is 2.71 bits per heavy atom. The van der Waals surface area contributed by atoms with Crippen LogP contribution in [0.2, 0.25) is 0 Å². The number of carboxylic acids is 1. The minimum Gasteiger partial charge on any atom is -0.480 e. The largest absolute Gasteiger partial charge is 0.480 e. The number of fused-ring (bicyclic) bond motifs is 1. The first-order valence-electron chi connectivity index (χ1n) is 11.2. The van der Waals surface area contributed by atoms with Gasteiger partial charge in [0.05, 0.1) is 5.56 Å². The van der Waals surface area contributed by atoms with Gasteiger partial charge in [-0.3, -0.25) is 4.79 Å². The van der Waals surface area contributed by atoms with E-state index in [1.807, 2.05) is 42.5 Å². The molecule has 0 fully saturated rings. The summed E-state index contributed by atoms with van der Waals surface area (Å²) in [4.78, 5) is 25.2. The first kappa shape index (κ1) is 23.2. The van der Waals surface area contributed by atoms with Gasteiger partial charge < -0.3 is 24.6 Å². The molecule has 2 N–H and O–H groups in total. The first-order valence-corrected chi connectivity index (χ1v) is 11.2. The number of hydrogen-bond acceptors (Lipinski definition) is 5. The van der Waals surface area contributed by atoms with E-state index < -0.39 is 23.5 Å². The van der Waals surface area contributed by atoms with Gasteiger partial charge in [-0.2, -0.15) is 0 Å². The van der Waals surface area contributed by atoms with Crippen molar-refractivity contribution in [1.82, 2.24) is 5.32 Å². The predicted octanol–water partition coefficient (Wildman–Crippen LogP) is 5.21. The van der Waals surface area contributed by atoms with Crippen molar-refractivity contribution in [3.05, 3.63) is 90.3 Å². The van der Waals surface area contributed by atoms with Crippen molar-refractivity contribution < 1.29 is 28.9 Å². The van der Waals surface area contributed by atoms with Gasteiger partial charge in [0.15, 0.2) is 11.9 Å². The van der Waals surface area contributed by atoms with E-state index in [9.17, 15) is 14.7 Å². The van der Waals surface area contributed by atoms with Crippen molar-refractivity contribution in [3.63, 3.8) is 0 Å². The summed E-state index contributed by atoms with van der Waals surface area (Å²) in [6.45, 7) is 3.20. The van der Waals surface area contributed by atoms with Crippen LogP contribution in [0.3, 0.4) is 0 Å². The smallest absolute Gasteiger partial charge is 0.329 e. The maximum absolute atomic E-state index is 13.4. The topological polar surface area (TPSA) is 94.1 Å². The number of benzene rings is 2. The van der Waals surface area contributed by atoms with Crippen molar-refractivity contribution >= 4 is 22.6 Å². The third kappa shape index (κ3) is 4.69. The number of rotatable bonds is 8. The van der Waals surface area contributed by atoms with E-state index in [0.29, 0.717) is 11.5 Å². The molecule has 0 radical (unpaired) electrons. The molecule has 1 aliphatic heterocycles. The van der Waals surface area contributed by atoms with Crippen LogP contribution >= 0.6 is 0 Å². The number of amides is 1. The fourth-order valence-corrected chi connectivity index (χ4v) is 3.83. The number of ether oxygens (including phenoxy) is 3. The SMILES string of the molecule is CCC(C)(NC(=O)c1ccc2ccccc2c1OC(C1=CC=CCC1)C1=COC=CO1)C(=O)O. The molecule has 7 heteroatoms. The lowest BCUT2D eigenvalue weighted by atomic mass is 9.96. The molecule has 7 nitrogen and oxygen atoms in total. The zero-order valence-corrected chi connectivity index (χ0v) is 19.1. The second-order valence-electron chi connectivity index (χ2n) is 8.36. The monoisotopic (exact) mass is 461 g/mol. The molecule has 2 atom stereocenters. The van der Waals surface area contributed by atoms with Crippen LogP contribution in [-0.4, -0.2) is 28.6 Å². The van der Waals surface area contributed by atoms with Crippen LogP contribution in [0, 0.1) is 0 Å². The second kappa shape index (κ2) is 9.87. The molecule has 4 rings (SSSR count). The van der Waals surface area contributed by atoms with Gasteiger partial charge in [0.2, 0.25) is 0 Å². The van der Waals surface area contributed by atoms with Crippen LogP contribution < -0.4 is 10.1 Å². The molecule has 34 heavy (non-hydrogen) atoms. The highest BCUT2D eigenvalue weighted by Gasteiger charge is 2.35. The van der Waals surface area contributed by atoms with Crippen LogP contribution in [0.5, 0.6) is 5.75 Å². The summed E-state index contributed by atoms with van der Waals surface area (Å²) in [5.41, 5.74) is -0.204. The van der Waals surface area contributed by atoms with Gasteiger partial charge in [-0.15, -0.1) is 0 Å². The summed E-state index contributed by atoms with van der Waals surface area (Å²) >= 11 is 0. The standard InChI is InChI=1S/C27H27NO6/c1-3-27(2,26(30)31)28-25(29)21-14-13-18-9-7-8-12-20(18)24(21)34-23(19-10-5-4-6-11-19)22-17-32-15-16-33-22/h4-5,7-10,12-17,23H,3,6,11H2,1-2H3,(H,28,29)(H,30,31). The summed E-state index contributed by atoms with van der Waals surface area (Å²) < 4.78 is 17.6. The highest BCUT2D eigenvalue weighted by Crippen LogP contribution is 2.35. The summed E-state index contributed by atoms with van der Waals surface area (Å²) in [7, 11) is 0. The van der Waals surface area contributed by atoms with E-state index >= 15 is 0 Å². The Morgan fingerprint density at radius 1 is 1.21 bits per heavy atom. The van der Waals surface area contributed by atoms with Crippen LogP contribution in [0.4, 0.5) is 0 Å². The van der Waals surface area contributed by atoms with Gasteiger partial charge in [-0.25, -0.2) is 4.79 Å². The zero-order valence-electron chi connectivity index (χ0n) is 19.1. The number of carboxylic acid groups (broad SMARTS) is 1. The maximum Gasteiger partial charge on any atom is 0.329 e. The number of nitrogens with one attached hydrogen (secondary N) is 1. The minimum absolute atomic E-state index is 0.226. The summed E-state index contributed by atoms with van der Waals surface area (Å²) in [5.74, 6) is -0.835. The van der Waals surface area contributed by atoms with Crippen LogP contribution in [0.15, 0.2) is 84.7 Å². The van der Waals surface area contributed by atoms with Gasteiger partial charge in [0, 0.05) is 5.39 Å². The second-order valence-corrected chi connectivity index (χ2v) is 8.36. The van der Waals surface area contributed by atoms with Gasteiger partial charge >= 0.3 is 5.97 Å². The molecule has 2 aromatic carbocycles. The molecule has 0 aromatic heterocycles. The minimum atomic E-state index is -1.41. The van der Waals surface area contributed by atoms with Crippen molar-refractivity contribution in [2.75, 3.05) is 0 Å². The Bertz CT molecular complexity index is 1220. The first-order chi connectivity index (χ1) is 16.4. The summed E-state index contributed by atoms with van der Waals surface area (Å²) in [6, 6.07) is 11.0. The number of carbonyl (C=O) groups excluding carboxylic acids is 1. The quantitative estimate of drug-likeness (QED) is 0.561. The molecule has 2 aliphatic rings. The molecule has 1 amide bonds. The predicted molar refractivity (Wildman–Crippen MR) is 128 cm³/mol. The molecule has 176 valence electrons. The summed E-state index contributed by atoms with van der Waals surface area (Å²) in [5, 5.41) is 13.9. The van der Waals surface area contributed by atoms with Crippen LogP contribution in [0.1, 0.15) is 43.5 Å². The van der Waals surface area contributed by atoms with Gasteiger partial charge in [0.25, 0.3) is 5.91 Å². The van der Waals surface area contributed by atoms with Crippen molar-refractivity contribution in [3.8, 4) is 5.75 Å². The van der Waals surface area contributed by atoms with E-state index in [0.717, 1.165) is 29.2 Å². The molecule has 2 aromatic rings. The number of carbonyl (C=O) groups is 2. The van der Waals surface area contributed by atoms with E-state index in [1.54, 1.807) is 13.0 Å². The Kier molecular flexibility index (Phi) is 6.72. The molecule has 0 bridgehead atoms. The molecule has 1 aliphatic carbocycles. The molecule has 0 spiro atoms. The highest BCUT2D eigenvalue weighted by molar-refractivity contribution is 6.05. The third-order valence-electron chi connectivity index (χ3n) is 6.09. The molecular formula is C27H27NO6. The fraction of sp³-hybridized carbons (Fsp3) is 0.259. The number of hydrogen-bond donors (Lipinski definition) is 2. The number of aliphatic carboxylic acids is 1. The van der Waals surface area contributed by atoms with E-state index in [2.05, 4.69) is 11.4 Å². The summed E-state index contributed by atoms with van der Waals surface area (Å²) in [6.07, 6.45) is 11.5. The van der Waals surface area contributed by atoms with Gasteiger partial charge in [-0.1, -0.05) is 55.5 Å². The van der Waals surface area contributed by atoms with E-state index in [1.165, 1.54) is 25.7 Å². The molecule has 1 heterocycles. The fourth-order valence-electron chi connectivity index (χ4n) is 3.83. The lowest BCUT2D eigenvalue weighted by Crippen LogP contribution is -2.51. The van der Waals surface area contributed by atoms with Crippen molar-refractivity contribution in [2.24, 2.45) is 0 Å². The Labute approximate surface area is 198 Å². The Morgan fingerprint density at radius 2 is 2.03 bits per heavy atom. The third-order valence-corrected chi connectivity index (χ3v) is 6.09. The van der Waals surface area contributed by atoms with E-state index in [-0.39, 0.29) is 12.0 Å². The Hall–Kier alpha value is -4.00. The van der Waals surface area contributed by atoms with E-state index in [4.69, 9.17) is 14.2 Å². The maximum atomic E-state index is 13.4. The van der Waals surface area contributed by atoms with Crippen molar-refractivity contribution in [2.45, 2.75) is 44.8 Å². The molecule has 2 unspecified atom stereocenters. The van der Waals surface area contributed by atoms with Crippen LogP contribution in [-0.2, 0) is 14.3 Å². The average Bonchev–Trinajstić information content (AvgIpc) is 2.87. The molecule has 0 saturated carbocycles. The van der Waals surface area contributed by atoms with Crippen molar-refractivity contribution in [1.29, 1.82) is 0 Å². The highest BCUT2D eigenvalue weighted by atomic mass is 16.6. The molecule has 0 saturated heterocycles. The average molecular weight is 462 g/mol. The normalized spacial score (nSPS) is 17.5. The van der Waals surface area contributed by atoms with Gasteiger partial charge in [0.1, 0.15) is 30.1 Å². The van der Waals surface area contributed by atoms with Crippen LogP contribution in [0.25, 0.3) is 10.8 Å². The lowest BCUT2D eigenvalue weighted by molar-refractivity contribution is -0.143. The Balaban J connectivity index is 1.80. The molecular weight excluding hydrogens is 434 g/mol. The zero-order chi connectivity index (χ0) is 24.1. The number of allylic oxidation sites excluding steroid dienone is 3. The lowest BCUT2D eigenvalue weighted by Gasteiger charge is -2.28.